The van der Waals surface area contributed by atoms with Gasteiger partial charge in [0.05, 0.1) is 6.20 Å². The number of carbonyl (C=O) groups excluding carboxylic acids is 1. The molecule has 1 aliphatic carbocycles. The Hall–Kier alpha value is -2.37. The van der Waals surface area contributed by atoms with Gasteiger partial charge in [-0.15, -0.1) is 0 Å². The molecule has 0 atom stereocenters. The van der Waals surface area contributed by atoms with Crippen LogP contribution in [0.5, 0.6) is 0 Å². The van der Waals surface area contributed by atoms with Gasteiger partial charge in [-0.3, -0.25) is 9.59 Å². The second-order valence-corrected chi connectivity index (χ2v) is 6.72. The lowest BCUT2D eigenvalue weighted by atomic mass is 9.95. The summed E-state index contributed by atoms with van der Waals surface area (Å²) in [7, 11) is 0. The van der Waals surface area contributed by atoms with Crippen molar-refractivity contribution in [2.24, 2.45) is 0 Å². The van der Waals surface area contributed by atoms with Crippen LogP contribution >= 0.6 is 0 Å². The Morgan fingerprint density at radius 1 is 1.38 bits per heavy atom. The molecule has 128 valence electrons. The fourth-order valence-electron chi connectivity index (χ4n) is 3.20. The third-order valence-corrected chi connectivity index (χ3v) is 4.48. The van der Waals surface area contributed by atoms with Crippen LogP contribution in [0.3, 0.4) is 0 Å². The summed E-state index contributed by atoms with van der Waals surface area (Å²) in [5.41, 5.74) is 0.954. The maximum Gasteiger partial charge on any atom is 0.256 e. The molecule has 0 bridgehead atoms. The van der Waals surface area contributed by atoms with Crippen molar-refractivity contribution in [1.29, 1.82) is 0 Å². The number of hydrogen-bond donors (Lipinski definition) is 2. The summed E-state index contributed by atoms with van der Waals surface area (Å²) in [6, 6.07) is 2.20. The van der Waals surface area contributed by atoms with E-state index in [1.165, 1.54) is 25.3 Å². The van der Waals surface area contributed by atoms with Crippen molar-refractivity contribution in [3.8, 4) is 0 Å². The Morgan fingerprint density at radius 2 is 2.12 bits per heavy atom. The number of amides is 1. The van der Waals surface area contributed by atoms with E-state index in [-0.39, 0.29) is 23.6 Å². The van der Waals surface area contributed by atoms with E-state index in [2.05, 4.69) is 15.4 Å². The molecule has 6 nitrogen and oxygen atoms in total. The van der Waals surface area contributed by atoms with E-state index in [9.17, 15) is 9.59 Å². The molecule has 0 aliphatic heterocycles. The van der Waals surface area contributed by atoms with Crippen molar-refractivity contribution in [1.82, 2.24) is 20.1 Å². The number of H-pyrrole nitrogens is 1. The zero-order valence-corrected chi connectivity index (χ0v) is 14.2. The summed E-state index contributed by atoms with van der Waals surface area (Å²) in [6.45, 7) is 4.02. The van der Waals surface area contributed by atoms with Crippen molar-refractivity contribution < 1.29 is 4.79 Å². The summed E-state index contributed by atoms with van der Waals surface area (Å²) in [6.07, 6.45) is 10.4. The fourth-order valence-corrected chi connectivity index (χ4v) is 3.20. The van der Waals surface area contributed by atoms with E-state index >= 15 is 0 Å². The van der Waals surface area contributed by atoms with Crippen LogP contribution in [0, 0.1) is 0 Å². The molecule has 1 fully saturated rings. The monoisotopic (exact) mass is 328 g/mol. The summed E-state index contributed by atoms with van der Waals surface area (Å²) < 4.78 is 1.78. The Labute approximate surface area is 140 Å². The highest BCUT2D eigenvalue weighted by Gasteiger charge is 2.14. The van der Waals surface area contributed by atoms with E-state index in [0.717, 1.165) is 18.2 Å². The van der Waals surface area contributed by atoms with Gasteiger partial charge in [0, 0.05) is 29.1 Å². The van der Waals surface area contributed by atoms with Gasteiger partial charge in [-0.25, -0.2) is 4.68 Å². The molecule has 0 radical (unpaired) electrons. The minimum Gasteiger partial charge on any atom is -0.350 e. The molecular weight excluding hydrogens is 304 g/mol. The Morgan fingerprint density at radius 3 is 2.83 bits per heavy atom. The van der Waals surface area contributed by atoms with Crippen molar-refractivity contribution in [3.63, 3.8) is 0 Å². The fraction of sp³-hybridized carbons (Fsp3) is 0.500. The summed E-state index contributed by atoms with van der Waals surface area (Å²) >= 11 is 0. The van der Waals surface area contributed by atoms with Gasteiger partial charge in [0.15, 0.2) is 0 Å². The van der Waals surface area contributed by atoms with E-state index in [0.29, 0.717) is 11.2 Å². The minimum absolute atomic E-state index is 0.140. The van der Waals surface area contributed by atoms with Crippen LogP contribution in [-0.2, 0) is 4.79 Å². The lowest BCUT2D eigenvalue weighted by molar-refractivity contribution is -0.117. The van der Waals surface area contributed by atoms with Gasteiger partial charge >= 0.3 is 0 Å². The van der Waals surface area contributed by atoms with Crippen LogP contribution in [0.15, 0.2) is 23.1 Å². The van der Waals surface area contributed by atoms with E-state index < -0.39 is 0 Å². The third kappa shape index (κ3) is 3.58. The zero-order chi connectivity index (χ0) is 17.1. The topological polar surface area (TPSA) is 79.8 Å². The van der Waals surface area contributed by atoms with E-state index in [4.69, 9.17) is 0 Å². The average molecular weight is 328 g/mol. The van der Waals surface area contributed by atoms with Crippen molar-refractivity contribution in [2.75, 3.05) is 0 Å². The normalized spacial score (nSPS) is 16.3. The molecule has 2 heterocycles. The molecule has 2 N–H and O–H groups in total. The van der Waals surface area contributed by atoms with Crippen molar-refractivity contribution in [2.45, 2.75) is 58.0 Å². The zero-order valence-electron chi connectivity index (χ0n) is 14.2. The Bertz CT molecular complexity index is 810. The van der Waals surface area contributed by atoms with Crippen LogP contribution in [0.1, 0.15) is 57.6 Å². The second kappa shape index (κ2) is 7.03. The van der Waals surface area contributed by atoms with Gasteiger partial charge in [0.2, 0.25) is 5.91 Å². The molecule has 24 heavy (non-hydrogen) atoms. The first-order valence-electron chi connectivity index (χ1n) is 8.63. The summed E-state index contributed by atoms with van der Waals surface area (Å²) in [5, 5.41) is 8.16. The number of hydrogen-bond acceptors (Lipinski definition) is 3. The largest absolute Gasteiger partial charge is 0.350 e. The van der Waals surface area contributed by atoms with Crippen LogP contribution < -0.4 is 10.9 Å². The molecule has 0 unspecified atom stereocenters. The number of nitrogens with one attached hydrogen (secondary N) is 2. The van der Waals surface area contributed by atoms with Crippen LogP contribution in [0.4, 0.5) is 0 Å². The first-order chi connectivity index (χ1) is 11.5. The van der Waals surface area contributed by atoms with Gasteiger partial charge < -0.3 is 10.3 Å². The standard InChI is InChI=1S/C18H24N4O2/c1-12(2)22-17-14(11-19-22)10-13(18(24)21-17)8-9-16(23)20-15-6-4-3-5-7-15/h8-12,15H,3-7H2,1-2H3,(H,20,23)(H,21,24)/b9-8+. The minimum atomic E-state index is -0.216. The molecular formula is C18H24N4O2. The molecule has 6 heteroatoms. The Balaban J connectivity index is 1.75. The predicted octanol–water partition coefficient (Wildman–Crippen LogP) is 2.77. The highest BCUT2D eigenvalue weighted by molar-refractivity contribution is 5.92. The first kappa shape index (κ1) is 16.5. The van der Waals surface area contributed by atoms with Crippen molar-refractivity contribution in [3.05, 3.63) is 34.3 Å². The highest BCUT2D eigenvalue weighted by Crippen LogP contribution is 2.17. The molecule has 2 aromatic heterocycles. The van der Waals surface area contributed by atoms with E-state index in [1.54, 1.807) is 23.0 Å². The quantitative estimate of drug-likeness (QED) is 0.847. The SMILES string of the molecule is CC(C)n1ncc2cc(/C=C/C(=O)NC3CCCCC3)c(=O)[nH]c21. The number of rotatable bonds is 4. The first-order valence-corrected chi connectivity index (χ1v) is 8.63. The number of aromatic amines is 1. The molecule has 2 aromatic rings. The molecule has 3 rings (SSSR count). The molecule has 1 amide bonds. The lowest BCUT2D eigenvalue weighted by Gasteiger charge is -2.21. The van der Waals surface area contributed by atoms with Crippen LogP contribution in [-0.4, -0.2) is 26.7 Å². The van der Waals surface area contributed by atoms with Gasteiger partial charge in [-0.05, 0) is 38.8 Å². The van der Waals surface area contributed by atoms with Crippen molar-refractivity contribution >= 4 is 23.0 Å². The van der Waals surface area contributed by atoms with Crippen LogP contribution in [0.2, 0.25) is 0 Å². The number of fused-ring (bicyclic) bond motifs is 1. The smallest absolute Gasteiger partial charge is 0.256 e. The number of aromatic nitrogens is 3. The summed E-state index contributed by atoms with van der Waals surface area (Å²) in [5.74, 6) is -0.140. The number of nitrogens with zero attached hydrogens (tertiary/aromatic N) is 2. The second-order valence-electron chi connectivity index (χ2n) is 6.72. The number of pyridine rings is 1. The average Bonchev–Trinajstić information content (AvgIpc) is 2.96. The third-order valence-electron chi connectivity index (χ3n) is 4.48. The molecule has 0 spiro atoms. The molecule has 1 saturated carbocycles. The Kier molecular flexibility index (Phi) is 4.83. The van der Waals surface area contributed by atoms with Gasteiger partial charge in [0.1, 0.15) is 5.65 Å². The van der Waals surface area contributed by atoms with Gasteiger partial charge in [0.25, 0.3) is 5.56 Å². The predicted molar refractivity (Wildman–Crippen MR) is 94.8 cm³/mol. The number of carbonyl (C=O) groups is 1. The van der Waals surface area contributed by atoms with Gasteiger partial charge in [-0.2, -0.15) is 5.10 Å². The van der Waals surface area contributed by atoms with Crippen LogP contribution in [0.25, 0.3) is 17.1 Å². The maximum atomic E-state index is 12.2. The molecule has 0 saturated heterocycles. The van der Waals surface area contributed by atoms with Gasteiger partial charge in [-0.1, -0.05) is 19.3 Å². The summed E-state index contributed by atoms with van der Waals surface area (Å²) in [4.78, 5) is 27.1. The lowest BCUT2D eigenvalue weighted by Crippen LogP contribution is -2.35. The molecule has 1 aliphatic rings. The van der Waals surface area contributed by atoms with E-state index in [1.807, 2.05) is 13.8 Å². The molecule has 0 aromatic carbocycles. The highest BCUT2D eigenvalue weighted by atomic mass is 16.1. The maximum absolute atomic E-state index is 12.2.